The lowest BCUT2D eigenvalue weighted by Crippen LogP contribution is -2.50. The molecule has 0 bridgehead atoms. The maximum absolute atomic E-state index is 11.9. The second-order valence-corrected chi connectivity index (χ2v) is 4.98. The lowest BCUT2D eigenvalue weighted by molar-refractivity contribution is -0.138. The lowest BCUT2D eigenvalue weighted by Gasteiger charge is -2.17. The first-order valence-electron chi connectivity index (χ1n) is 6.15. The van der Waals surface area contributed by atoms with Gasteiger partial charge in [0.05, 0.1) is 13.1 Å². The van der Waals surface area contributed by atoms with Crippen molar-refractivity contribution in [1.82, 2.24) is 16.0 Å². The number of nitrogens with one attached hydrogen (secondary N) is 3. The van der Waals surface area contributed by atoms with Crippen molar-refractivity contribution in [2.75, 3.05) is 31.6 Å². The average molecular weight is 320 g/mol. The molecular formula is C11H20N4O5S. The minimum atomic E-state index is -1.18. The molecule has 0 aliphatic rings. The zero-order valence-electron chi connectivity index (χ0n) is 11.7. The van der Waals surface area contributed by atoms with Crippen LogP contribution in [0.5, 0.6) is 0 Å². The minimum absolute atomic E-state index is 0.234. The second-order valence-electron chi connectivity index (χ2n) is 3.99. The highest BCUT2D eigenvalue weighted by molar-refractivity contribution is 7.98. The maximum Gasteiger partial charge on any atom is 0.322 e. The van der Waals surface area contributed by atoms with Gasteiger partial charge in [0, 0.05) is 0 Å². The molecule has 0 unspecified atom stereocenters. The van der Waals surface area contributed by atoms with Gasteiger partial charge in [0.1, 0.15) is 12.6 Å². The van der Waals surface area contributed by atoms with Crippen molar-refractivity contribution >= 4 is 35.5 Å². The molecule has 0 aromatic carbocycles. The number of aliphatic carboxylic acids is 1. The van der Waals surface area contributed by atoms with Gasteiger partial charge < -0.3 is 26.8 Å². The Balaban J connectivity index is 4.28. The third-order valence-corrected chi connectivity index (χ3v) is 2.95. The van der Waals surface area contributed by atoms with Crippen LogP contribution in [0.25, 0.3) is 0 Å². The second kappa shape index (κ2) is 10.9. The highest BCUT2D eigenvalue weighted by atomic mass is 32.2. The topological polar surface area (TPSA) is 151 Å². The smallest absolute Gasteiger partial charge is 0.322 e. The first kappa shape index (κ1) is 19.2. The number of carboxylic acids is 1. The van der Waals surface area contributed by atoms with Crippen LogP contribution in [0.15, 0.2) is 0 Å². The highest BCUT2D eigenvalue weighted by Crippen LogP contribution is 2.01. The molecule has 0 aliphatic carbocycles. The Morgan fingerprint density at radius 2 is 1.81 bits per heavy atom. The number of thioether (sulfide) groups is 1. The standard InChI is InChI=1S/C11H20N4O5S/c1-21-3-2-7(15-8(16)4-12)11(20)14-5-9(17)13-6-10(18)19/h7H,2-6,12H2,1H3,(H,13,17)(H,14,20)(H,15,16)(H,18,19)/t7-/m0/s1. The van der Waals surface area contributed by atoms with E-state index in [1.165, 1.54) is 11.8 Å². The molecule has 6 N–H and O–H groups in total. The molecule has 0 fully saturated rings. The number of carboxylic acid groups (broad SMARTS) is 1. The van der Waals surface area contributed by atoms with Gasteiger partial charge in [-0.05, 0) is 18.4 Å². The third-order valence-electron chi connectivity index (χ3n) is 2.31. The molecule has 9 nitrogen and oxygen atoms in total. The molecule has 0 aromatic heterocycles. The fourth-order valence-corrected chi connectivity index (χ4v) is 1.76. The summed E-state index contributed by atoms with van der Waals surface area (Å²) in [7, 11) is 0. The Morgan fingerprint density at radius 1 is 1.14 bits per heavy atom. The lowest BCUT2D eigenvalue weighted by atomic mass is 10.2. The van der Waals surface area contributed by atoms with Gasteiger partial charge >= 0.3 is 5.97 Å². The summed E-state index contributed by atoms with van der Waals surface area (Å²) in [5.41, 5.74) is 5.17. The van der Waals surface area contributed by atoms with Gasteiger partial charge in [-0.15, -0.1) is 0 Å². The quantitative estimate of drug-likeness (QED) is 0.298. The van der Waals surface area contributed by atoms with Crippen LogP contribution in [-0.2, 0) is 19.2 Å². The molecule has 10 heteroatoms. The maximum atomic E-state index is 11.9. The first-order chi connectivity index (χ1) is 9.90. The number of rotatable bonds is 10. The van der Waals surface area contributed by atoms with Crippen molar-refractivity contribution < 1.29 is 24.3 Å². The van der Waals surface area contributed by atoms with E-state index in [-0.39, 0.29) is 13.1 Å². The average Bonchev–Trinajstić information content (AvgIpc) is 2.46. The Labute approximate surface area is 126 Å². The highest BCUT2D eigenvalue weighted by Gasteiger charge is 2.20. The summed E-state index contributed by atoms with van der Waals surface area (Å²) in [5.74, 6) is -2.14. The summed E-state index contributed by atoms with van der Waals surface area (Å²) in [5, 5.41) is 15.3. The van der Waals surface area contributed by atoms with Gasteiger partial charge in [-0.2, -0.15) is 11.8 Å². The van der Waals surface area contributed by atoms with E-state index in [1.54, 1.807) is 0 Å². The largest absolute Gasteiger partial charge is 0.480 e. The number of nitrogens with two attached hydrogens (primary N) is 1. The number of carbonyl (C=O) groups excluding carboxylic acids is 3. The van der Waals surface area contributed by atoms with Crippen LogP contribution in [0.4, 0.5) is 0 Å². The van der Waals surface area contributed by atoms with Crippen LogP contribution in [-0.4, -0.2) is 66.5 Å². The fourth-order valence-electron chi connectivity index (χ4n) is 1.29. The number of hydrogen-bond acceptors (Lipinski definition) is 6. The van der Waals surface area contributed by atoms with Gasteiger partial charge in [0.2, 0.25) is 17.7 Å². The van der Waals surface area contributed by atoms with E-state index in [0.717, 1.165) is 0 Å². The summed E-state index contributed by atoms with van der Waals surface area (Å²) < 4.78 is 0. The Kier molecular flexibility index (Phi) is 9.98. The predicted octanol–water partition coefficient (Wildman–Crippen LogP) is -2.50. The van der Waals surface area contributed by atoms with E-state index in [1.807, 2.05) is 6.26 Å². The molecule has 1 atom stereocenters. The van der Waals surface area contributed by atoms with Crippen molar-refractivity contribution in [3.05, 3.63) is 0 Å². The molecule has 0 spiro atoms. The molecule has 0 rings (SSSR count). The van der Waals surface area contributed by atoms with Crippen molar-refractivity contribution in [3.8, 4) is 0 Å². The molecule has 3 amide bonds. The molecule has 120 valence electrons. The van der Waals surface area contributed by atoms with E-state index < -0.39 is 36.3 Å². The van der Waals surface area contributed by atoms with Gasteiger partial charge in [-0.3, -0.25) is 19.2 Å². The Hall–Kier alpha value is -1.81. The van der Waals surface area contributed by atoms with Crippen molar-refractivity contribution in [3.63, 3.8) is 0 Å². The first-order valence-corrected chi connectivity index (χ1v) is 7.54. The zero-order valence-corrected chi connectivity index (χ0v) is 12.5. The van der Waals surface area contributed by atoms with Crippen LogP contribution in [0.2, 0.25) is 0 Å². The summed E-state index contributed by atoms with van der Waals surface area (Å²) in [6, 6.07) is -0.777. The molecule has 0 heterocycles. The number of carbonyl (C=O) groups is 4. The van der Waals surface area contributed by atoms with Crippen molar-refractivity contribution in [2.45, 2.75) is 12.5 Å². The van der Waals surface area contributed by atoms with Crippen LogP contribution >= 0.6 is 11.8 Å². The van der Waals surface area contributed by atoms with Gasteiger partial charge in [0.15, 0.2) is 0 Å². The molecule has 21 heavy (non-hydrogen) atoms. The van der Waals surface area contributed by atoms with Crippen LogP contribution in [0, 0.1) is 0 Å². The van der Waals surface area contributed by atoms with Gasteiger partial charge in [-0.25, -0.2) is 0 Å². The van der Waals surface area contributed by atoms with Crippen LogP contribution in [0.3, 0.4) is 0 Å². The minimum Gasteiger partial charge on any atom is -0.480 e. The molecule has 0 saturated heterocycles. The summed E-state index contributed by atoms with van der Waals surface area (Å²) in [6.07, 6.45) is 2.26. The zero-order chi connectivity index (χ0) is 16.3. The van der Waals surface area contributed by atoms with E-state index >= 15 is 0 Å². The van der Waals surface area contributed by atoms with Crippen LogP contribution < -0.4 is 21.7 Å². The molecular weight excluding hydrogens is 300 g/mol. The summed E-state index contributed by atoms with van der Waals surface area (Å²) in [4.78, 5) is 44.6. The van der Waals surface area contributed by atoms with E-state index in [9.17, 15) is 19.2 Å². The Bertz CT molecular complexity index is 391. The van der Waals surface area contributed by atoms with E-state index in [2.05, 4.69) is 16.0 Å². The fraction of sp³-hybridized carbons (Fsp3) is 0.636. The van der Waals surface area contributed by atoms with Gasteiger partial charge in [0.25, 0.3) is 0 Å². The predicted molar refractivity (Wildman–Crippen MR) is 77.6 cm³/mol. The number of hydrogen-bond donors (Lipinski definition) is 5. The normalized spacial score (nSPS) is 11.3. The van der Waals surface area contributed by atoms with E-state index in [0.29, 0.717) is 12.2 Å². The molecule has 0 saturated carbocycles. The Morgan fingerprint density at radius 3 is 2.33 bits per heavy atom. The third kappa shape index (κ3) is 9.68. The van der Waals surface area contributed by atoms with Crippen molar-refractivity contribution in [2.24, 2.45) is 5.73 Å². The van der Waals surface area contributed by atoms with Gasteiger partial charge in [-0.1, -0.05) is 0 Å². The molecule has 0 aliphatic heterocycles. The van der Waals surface area contributed by atoms with Crippen LogP contribution in [0.1, 0.15) is 6.42 Å². The molecule has 0 radical (unpaired) electrons. The molecule has 0 aromatic rings. The van der Waals surface area contributed by atoms with E-state index in [4.69, 9.17) is 10.8 Å². The summed E-state index contributed by atoms with van der Waals surface area (Å²) in [6.45, 7) is -1.11. The number of amides is 3. The monoisotopic (exact) mass is 320 g/mol. The summed E-state index contributed by atoms with van der Waals surface area (Å²) >= 11 is 1.51. The van der Waals surface area contributed by atoms with Crippen molar-refractivity contribution in [1.29, 1.82) is 0 Å². The SMILES string of the molecule is CSCC[C@H](NC(=O)CN)C(=O)NCC(=O)NCC(=O)O.